The summed E-state index contributed by atoms with van der Waals surface area (Å²) in [7, 11) is 5.72. The van der Waals surface area contributed by atoms with E-state index in [1.165, 1.54) is 28.4 Å². The van der Waals surface area contributed by atoms with E-state index >= 15 is 0 Å². The molecule has 0 bridgehead atoms. The van der Waals surface area contributed by atoms with E-state index in [9.17, 15) is 9.90 Å². The number of hydrogen-bond donors (Lipinski definition) is 1. The van der Waals surface area contributed by atoms with Gasteiger partial charge in [-0.3, -0.25) is 4.79 Å². The van der Waals surface area contributed by atoms with E-state index in [1.807, 2.05) is 0 Å². The highest BCUT2D eigenvalue weighted by Gasteiger charge is 2.30. The van der Waals surface area contributed by atoms with Crippen LogP contribution in [0.3, 0.4) is 0 Å². The molecule has 0 aromatic heterocycles. The fourth-order valence-corrected chi connectivity index (χ4v) is 1.89. The average molecular weight is 284 g/mol. The summed E-state index contributed by atoms with van der Waals surface area (Å²) in [4.78, 5) is 11.6. The number of hydrogen-bond acceptors (Lipinski definition) is 6. The number of carbonyl (C=O) groups is 1. The Kier molecular flexibility index (Phi) is 5.64. The lowest BCUT2D eigenvalue weighted by Gasteiger charge is -2.22. The van der Waals surface area contributed by atoms with Crippen molar-refractivity contribution in [3.05, 3.63) is 17.7 Å². The van der Waals surface area contributed by atoms with Crippen molar-refractivity contribution in [2.24, 2.45) is 5.92 Å². The minimum absolute atomic E-state index is 0.379. The molecular weight excluding hydrogens is 264 g/mol. The van der Waals surface area contributed by atoms with Crippen molar-refractivity contribution in [2.75, 3.05) is 28.4 Å². The number of methoxy groups -OCH3 is 4. The number of aliphatic hydroxyl groups is 1. The van der Waals surface area contributed by atoms with Crippen molar-refractivity contribution in [1.29, 1.82) is 0 Å². The Morgan fingerprint density at radius 2 is 1.55 bits per heavy atom. The lowest BCUT2D eigenvalue weighted by molar-refractivity contribution is -0.148. The minimum Gasteiger partial charge on any atom is -0.496 e. The van der Waals surface area contributed by atoms with Crippen molar-refractivity contribution >= 4 is 5.97 Å². The highest BCUT2D eigenvalue weighted by atomic mass is 16.5. The van der Waals surface area contributed by atoms with Crippen molar-refractivity contribution < 1.29 is 28.8 Å². The number of esters is 1. The Labute approximate surface area is 118 Å². The molecule has 1 aromatic rings. The van der Waals surface area contributed by atoms with E-state index in [1.54, 1.807) is 19.1 Å². The molecule has 0 fully saturated rings. The van der Waals surface area contributed by atoms with E-state index in [4.69, 9.17) is 14.2 Å². The number of ether oxygens (including phenoxy) is 4. The molecule has 0 heterocycles. The molecule has 20 heavy (non-hydrogen) atoms. The fourth-order valence-electron chi connectivity index (χ4n) is 1.89. The summed E-state index contributed by atoms with van der Waals surface area (Å²) in [5.74, 6) is 0.0166. The van der Waals surface area contributed by atoms with Crippen LogP contribution in [0.5, 0.6) is 17.2 Å². The van der Waals surface area contributed by atoms with E-state index in [2.05, 4.69) is 4.74 Å². The summed E-state index contributed by atoms with van der Waals surface area (Å²) in [5.41, 5.74) is 0.383. The summed E-state index contributed by atoms with van der Waals surface area (Å²) in [5, 5.41) is 10.4. The highest BCUT2D eigenvalue weighted by Crippen LogP contribution is 2.40. The van der Waals surface area contributed by atoms with E-state index in [0.717, 1.165) is 0 Å². The third-order valence-electron chi connectivity index (χ3n) is 3.10. The molecule has 0 radical (unpaired) electrons. The predicted molar refractivity (Wildman–Crippen MR) is 72.2 cm³/mol. The zero-order chi connectivity index (χ0) is 15.3. The molecule has 2 unspecified atom stereocenters. The molecular formula is C14H20O6. The van der Waals surface area contributed by atoms with Crippen LogP contribution >= 0.6 is 0 Å². The summed E-state index contributed by atoms with van der Waals surface area (Å²) >= 11 is 0. The Bertz CT molecular complexity index is 446. The van der Waals surface area contributed by atoms with Gasteiger partial charge in [0.05, 0.1) is 46.0 Å². The van der Waals surface area contributed by atoms with Crippen LogP contribution in [0.15, 0.2) is 12.1 Å². The quantitative estimate of drug-likeness (QED) is 0.799. The van der Waals surface area contributed by atoms with Gasteiger partial charge in [-0.25, -0.2) is 0 Å². The maximum absolute atomic E-state index is 11.6. The largest absolute Gasteiger partial charge is 0.496 e. The standard InChI is InChI=1S/C14H20O6/c1-8(14(16)20-5)13(15)12-10(18-3)6-9(17-2)7-11(12)19-4/h6-8,13,15H,1-5H3. The molecule has 0 spiro atoms. The Morgan fingerprint density at radius 1 is 1.05 bits per heavy atom. The normalized spacial score (nSPS) is 13.3. The van der Waals surface area contributed by atoms with Gasteiger partial charge in [0.2, 0.25) is 0 Å². The van der Waals surface area contributed by atoms with Crippen LogP contribution in [-0.2, 0) is 9.53 Å². The first-order chi connectivity index (χ1) is 9.49. The Balaban J connectivity index is 3.30. The summed E-state index contributed by atoms with van der Waals surface area (Å²) < 4.78 is 20.3. The molecule has 1 rings (SSSR count). The van der Waals surface area contributed by atoms with Crippen molar-refractivity contribution in [3.63, 3.8) is 0 Å². The highest BCUT2D eigenvalue weighted by molar-refractivity contribution is 5.73. The van der Waals surface area contributed by atoms with E-state index < -0.39 is 18.0 Å². The van der Waals surface area contributed by atoms with Crippen molar-refractivity contribution in [3.8, 4) is 17.2 Å². The van der Waals surface area contributed by atoms with Crippen LogP contribution in [-0.4, -0.2) is 39.5 Å². The molecule has 2 atom stereocenters. The van der Waals surface area contributed by atoms with E-state index in [-0.39, 0.29) is 0 Å². The second-order valence-electron chi connectivity index (χ2n) is 4.20. The molecule has 112 valence electrons. The molecule has 6 nitrogen and oxygen atoms in total. The average Bonchev–Trinajstić information content (AvgIpc) is 2.50. The second kappa shape index (κ2) is 7.00. The smallest absolute Gasteiger partial charge is 0.311 e. The Morgan fingerprint density at radius 3 is 1.90 bits per heavy atom. The van der Waals surface area contributed by atoms with Crippen LogP contribution in [0.2, 0.25) is 0 Å². The fraction of sp³-hybridized carbons (Fsp3) is 0.500. The first kappa shape index (κ1) is 16.1. The van der Waals surface area contributed by atoms with E-state index in [0.29, 0.717) is 22.8 Å². The SMILES string of the molecule is COC(=O)C(C)C(O)c1c(OC)cc(OC)cc1OC. The molecule has 0 amide bonds. The number of carbonyl (C=O) groups excluding carboxylic acids is 1. The molecule has 0 aliphatic carbocycles. The molecule has 0 saturated carbocycles. The zero-order valence-electron chi connectivity index (χ0n) is 12.3. The third kappa shape index (κ3) is 3.14. The summed E-state index contributed by atoms with van der Waals surface area (Å²) in [6.45, 7) is 1.57. The van der Waals surface area contributed by atoms with Gasteiger partial charge in [-0.05, 0) is 6.92 Å². The van der Waals surface area contributed by atoms with Crippen LogP contribution in [0.4, 0.5) is 0 Å². The van der Waals surface area contributed by atoms with Gasteiger partial charge >= 0.3 is 5.97 Å². The van der Waals surface area contributed by atoms with Gasteiger partial charge in [0.15, 0.2) is 0 Å². The lowest BCUT2D eigenvalue weighted by Crippen LogP contribution is -2.21. The zero-order valence-corrected chi connectivity index (χ0v) is 12.3. The number of benzene rings is 1. The van der Waals surface area contributed by atoms with Crippen LogP contribution in [0.25, 0.3) is 0 Å². The van der Waals surface area contributed by atoms with Crippen LogP contribution in [0.1, 0.15) is 18.6 Å². The first-order valence-corrected chi connectivity index (χ1v) is 6.05. The summed E-state index contributed by atoms with van der Waals surface area (Å²) in [6.07, 6.45) is -1.11. The Hall–Kier alpha value is -1.95. The summed E-state index contributed by atoms with van der Waals surface area (Å²) in [6, 6.07) is 3.23. The molecule has 0 saturated heterocycles. The van der Waals surface area contributed by atoms with Gasteiger partial charge in [0, 0.05) is 12.1 Å². The third-order valence-corrected chi connectivity index (χ3v) is 3.10. The molecule has 6 heteroatoms. The number of aliphatic hydroxyl groups excluding tert-OH is 1. The van der Waals surface area contributed by atoms with Gasteiger partial charge in [-0.2, -0.15) is 0 Å². The van der Waals surface area contributed by atoms with Gasteiger partial charge in [-0.1, -0.05) is 0 Å². The molecule has 1 N–H and O–H groups in total. The number of rotatable bonds is 6. The minimum atomic E-state index is -1.11. The molecule has 1 aromatic carbocycles. The van der Waals surface area contributed by atoms with Crippen molar-refractivity contribution in [2.45, 2.75) is 13.0 Å². The van der Waals surface area contributed by atoms with Gasteiger partial charge in [0.1, 0.15) is 17.2 Å². The molecule has 0 aliphatic heterocycles. The van der Waals surface area contributed by atoms with Crippen LogP contribution < -0.4 is 14.2 Å². The maximum Gasteiger partial charge on any atom is 0.311 e. The van der Waals surface area contributed by atoms with Gasteiger partial charge in [0.25, 0.3) is 0 Å². The maximum atomic E-state index is 11.6. The first-order valence-electron chi connectivity index (χ1n) is 6.05. The topological polar surface area (TPSA) is 74.2 Å². The lowest BCUT2D eigenvalue weighted by atomic mass is 9.95. The monoisotopic (exact) mass is 284 g/mol. The van der Waals surface area contributed by atoms with Crippen molar-refractivity contribution in [1.82, 2.24) is 0 Å². The second-order valence-corrected chi connectivity index (χ2v) is 4.20. The van der Waals surface area contributed by atoms with Gasteiger partial charge in [-0.15, -0.1) is 0 Å². The molecule has 0 aliphatic rings. The van der Waals surface area contributed by atoms with Gasteiger partial charge < -0.3 is 24.1 Å². The predicted octanol–water partition coefficient (Wildman–Crippen LogP) is 1.55. The van der Waals surface area contributed by atoms with Crippen LogP contribution in [0, 0.1) is 5.92 Å².